The summed E-state index contributed by atoms with van der Waals surface area (Å²) in [4.78, 5) is 15.9. The van der Waals surface area contributed by atoms with E-state index >= 15 is 0 Å². The molecule has 1 amide bonds. The van der Waals surface area contributed by atoms with Gasteiger partial charge in [0.05, 0.1) is 5.54 Å². The zero-order chi connectivity index (χ0) is 11.6. The molecule has 1 aromatic rings. The van der Waals surface area contributed by atoms with Crippen LogP contribution in [0.25, 0.3) is 0 Å². The van der Waals surface area contributed by atoms with Crippen LogP contribution in [-0.4, -0.2) is 23.0 Å². The van der Waals surface area contributed by atoms with Crippen molar-refractivity contribution in [1.29, 1.82) is 0 Å². The first kappa shape index (κ1) is 14.0. The Kier molecular flexibility index (Phi) is 4.54. The molecule has 0 spiro atoms. The molecule has 1 aromatic heterocycles. The largest absolute Gasteiger partial charge is 0.448 e. The smallest absolute Gasteiger partial charge is 0.273 e. The second-order valence-electron chi connectivity index (χ2n) is 4.40. The van der Waals surface area contributed by atoms with Gasteiger partial charge in [0.2, 0.25) is 0 Å². The first-order valence-corrected chi connectivity index (χ1v) is 5.59. The van der Waals surface area contributed by atoms with E-state index in [0.717, 1.165) is 25.7 Å². The second-order valence-corrected chi connectivity index (χ2v) is 4.40. The Labute approximate surface area is 107 Å². The van der Waals surface area contributed by atoms with Gasteiger partial charge in [-0.2, -0.15) is 0 Å². The van der Waals surface area contributed by atoms with Crippen molar-refractivity contribution in [2.45, 2.75) is 38.1 Å². The van der Waals surface area contributed by atoms with E-state index in [1.54, 1.807) is 6.92 Å². The maximum absolute atomic E-state index is 12.0. The van der Waals surface area contributed by atoms with E-state index in [0.29, 0.717) is 18.0 Å². The molecule has 1 aliphatic carbocycles. The lowest BCUT2D eigenvalue weighted by atomic mass is 9.97. The molecule has 0 radical (unpaired) electrons. The molecular weight excluding hydrogens is 242 g/mol. The van der Waals surface area contributed by atoms with Gasteiger partial charge in [0.1, 0.15) is 5.76 Å². The molecule has 0 aliphatic heterocycles. The lowest BCUT2D eigenvalue weighted by Gasteiger charge is -2.28. The summed E-state index contributed by atoms with van der Waals surface area (Å²) < 4.78 is 5.01. The van der Waals surface area contributed by atoms with Gasteiger partial charge in [-0.05, 0) is 19.8 Å². The van der Waals surface area contributed by atoms with Crippen molar-refractivity contribution in [2.75, 3.05) is 6.54 Å². The van der Waals surface area contributed by atoms with E-state index in [9.17, 15) is 4.79 Å². The topological polar surface area (TPSA) is 81.2 Å². The van der Waals surface area contributed by atoms with Crippen LogP contribution in [0.3, 0.4) is 0 Å². The molecule has 3 N–H and O–H groups in total. The average molecular weight is 260 g/mol. The number of carbonyl (C=O) groups is 1. The number of nitrogens with two attached hydrogens (primary N) is 1. The van der Waals surface area contributed by atoms with E-state index in [1.807, 2.05) is 0 Å². The summed E-state index contributed by atoms with van der Waals surface area (Å²) >= 11 is 0. The number of aryl methyl sites for hydroxylation is 1. The molecule has 96 valence electrons. The highest BCUT2D eigenvalue weighted by Gasteiger charge is 2.34. The number of amides is 1. The number of nitrogens with one attached hydrogen (secondary N) is 1. The van der Waals surface area contributed by atoms with Gasteiger partial charge in [0.15, 0.2) is 12.1 Å². The van der Waals surface area contributed by atoms with Gasteiger partial charge in [-0.3, -0.25) is 4.79 Å². The Morgan fingerprint density at radius 1 is 1.59 bits per heavy atom. The van der Waals surface area contributed by atoms with Crippen molar-refractivity contribution < 1.29 is 9.21 Å². The van der Waals surface area contributed by atoms with Gasteiger partial charge < -0.3 is 15.5 Å². The van der Waals surface area contributed by atoms with Gasteiger partial charge in [-0.1, -0.05) is 12.8 Å². The number of carbonyl (C=O) groups excluding carboxylic acids is 1. The molecule has 1 fully saturated rings. The number of hydrogen-bond acceptors (Lipinski definition) is 4. The summed E-state index contributed by atoms with van der Waals surface area (Å²) in [6, 6.07) is 0. The maximum Gasteiger partial charge on any atom is 0.273 e. The molecule has 17 heavy (non-hydrogen) atoms. The van der Waals surface area contributed by atoms with Gasteiger partial charge in [-0.25, -0.2) is 4.98 Å². The summed E-state index contributed by atoms with van der Waals surface area (Å²) in [5.74, 6) is 0.362. The van der Waals surface area contributed by atoms with Crippen LogP contribution in [0.4, 0.5) is 0 Å². The molecule has 0 bridgehead atoms. The fraction of sp³-hybridized carbons (Fsp3) is 0.636. The summed E-state index contributed by atoms with van der Waals surface area (Å²) in [6.07, 6.45) is 5.43. The predicted molar refractivity (Wildman–Crippen MR) is 66.2 cm³/mol. The fourth-order valence-corrected chi connectivity index (χ4v) is 2.26. The molecule has 1 aliphatic rings. The van der Waals surface area contributed by atoms with Crippen molar-refractivity contribution >= 4 is 18.3 Å². The molecule has 0 saturated heterocycles. The summed E-state index contributed by atoms with van der Waals surface area (Å²) in [5.41, 5.74) is 5.88. The molecule has 0 unspecified atom stereocenters. The number of aromatic nitrogens is 1. The van der Waals surface area contributed by atoms with Crippen LogP contribution in [0.5, 0.6) is 0 Å². The molecule has 0 aromatic carbocycles. The Balaban J connectivity index is 0.00000144. The monoisotopic (exact) mass is 259 g/mol. The van der Waals surface area contributed by atoms with Crippen LogP contribution >= 0.6 is 12.4 Å². The molecular formula is C11H18ClN3O2. The van der Waals surface area contributed by atoms with Crippen LogP contribution in [0.15, 0.2) is 10.8 Å². The van der Waals surface area contributed by atoms with E-state index in [2.05, 4.69) is 10.3 Å². The molecule has 6 heteroatoms. The van der Waals surface area contributed by atoms with E-state index < -0.39 is 0 Å². The number of oxazole rings is 1. The second kappa shape index (κ2) is 5.51. The van der Waals surface area contributed by atoms with Crippen LogP contribution in [0.1, 0.15) is 41.9 Å². The van der Waals surface area contributed by atoms with Crippen molar-refractivity contribution in [2.24, 2.45) is 5.73 Å². The van der Waals surface area contributed by atoms with Crippen molar-refractivity contribution in [3.05, 3.63) is 17.8 Å². The third-order valence-corrected chi connectivity index (χ3v) is 3.29. The summed E-state index contributed by atoms with van der Waals surface area (Å²) in [5, 5.41) is 3.00. The highest BCUT2D eigenvalue weighted by molar-refractivity contribution is 5.93. The van der Waals surface area contributed by atoms with Gasteiger partial charge >= 0.3 is 0 Å². The Morgan fingerprint density at radius 2 is 2.24 bits per heavy atom. The maximum atomic E-state index is 12.0. The van der Waals surface area contributed by atoms with E-state index in [4.69, 9.17) is 10.2 Å². The Bertz CT molecular complexity index is 386. The highest BCUT2D eigenvalue weighted by atomic mass is 35.5. The SMILES string of the molecule is Cc1ocnc1C(=O)NC1(CN)CCCC1.Cl. The quantitative estimate of drug-likeness (QED) is 0.860. The lowest BCUT2D eigenvalue weighted by molar-refractivity contribution is 0.0897. The minimum Gasteiger partial charge on any atom is -0.448 e. The van der Waals surface area contributed by atoms with Gasteiger partial charge in [-0.15, -0.1) is 12.4 Å². The average Bonchev–Trinajstić information content (AvgIpc) is 2.87. The van der Waals surface area contributed by atoms with Crippen molar-refractivity contribution in [3.8, 4) is 0 Å². The third kappa shape index (κ3) is 2.79. The lowest BCUT2D eigenvalue weighted by Crippen LogP contribution is -2.51. The first-order chi connectivity index (χ1) is 7.67. The van der Waals surface area contributed by atoms with Crippen molar-refractivity contribution in [3.63, 3.8) is 0 Å². The molecule has 2 rings (SSSR count). The molecule has 1 heterocycles. The molecule has 0 atom stereocenters. The van der Waals surface area contributed by atoms with Crippen LogP contribution < -0.4 is 11.1 Å². The Hall–Kier alpha value is -1.07. The van der Waals surface area contributed by atoms with Gasteiger partial charge in [0.25, 0.3) is 5.91 Å². The number of hydrogen-bond donors (Lipinski definition) is 2. The van der Waals surface area contributed by atoms with E-state index in [1.165, 1.54) is 6.39 Å². The zero-order valence-electron chi connectivity index (χ0n) is 9.86. The summed E-state index contributed by atoms with van der Waals surface area (Å²) in [6.45, 7) is 2.21. The zero-order valence-corrected chi connectivity index (χ0v) is 10.7. The van der Waals surface area contributed by atoms with E-state index in [-0.39, 0.29) is 23.9 Å². The van der Waals surface area contributed by atoms with Crippen LogP contribution in [0.2, 0.25) is 0 Å². The predicted octanol–water partition coefficient (Wildman–Crippen LogP) is 1.41. The van der Waals surface area contributed by atoms with Crippen molar-refractivity contribution in [1.82, 2.24) is 10.3 Å². The number of rotatable bonds is 3. The van der Waals surface area contributed by atoms with Gasteiger partial charge in [0, 0.05) is 6.54 Å². The molecule has 1 saturated carbocycles. The van der Waals surface area contributed by atoms with Crippen LogP contribution in [-0.2, 0) is 0 Å². The number of nitrogens with zero attached hydrogens (tertiary/aromatic N) is 1. The first-order valence-electron chi connectivity index (χ1n) is 5.59. The Morgan fingerprint density at radius 3 is 2.71 bits per heavy atom. The third-order valence-electron chi connectivity index (χ3n) is 3.29. The molecule has 5 nitrogen and oxygen atoms in total. The fourth-order valence-electron chi connectivity index (χ4n) is 2.26. The minimum absolute atomic E-state index is 0. The number of halogens is 1. The normalized spacial score (nSPS) is 17.5. The van der Waals surface area contributed by atoms with Crippen LogP contribution in [0, 0.1) is 6.92 Å². The highest BCUT2D eigenvalue weighted by Crippen LogP contribution is 2.28. The minimum atomic E-state index is -0.234. The standard InChI is InChI=1S/C11H17N3O2.ClH/c1-8-9(13-7-16-8)10(15)14-11(6-12)4-2-3-5-11;/h7H,2-6,12H2,1H3,(H,14,15);1H. The summed E-state index contributed by atoms with van der Waals surface area (Å²) in [7, 11) is 0.